The third kappa shape index (κ3) is 5.71. The summed E-state index contributed by atoms with van der Waals surface area (Å²) in [5.74, 6) is 1.22. The number of hydrogen-bond acceptors (Lipinski definition) is 4. The molecule has 0 bridgehead atoms. The highest BCUT2D eigenvalue weighted by atomic mass is 16.5. The van der Waals surface area contributed by atoms with E-state index < -0.39 is 0 Å². The number of carbonyl (C=O) groups excluding carboxylic acids is 2. The summed E-state index contributed by atoms with van der Waals surface area (Å²) in [6, 6.07) is 6.07. The van der Waals surface area contributed by atoms with Gasteiger partial charge in [-0.15, -0.1) is 0 Å². The van der Waals surface area contributed by atoms with Gasteiger partial charge in [-0.05, 0) is 44.7 Å². The maximum absolute atomic E-state index is 12.5. The summed E-state index contributed by atoms with van der Waals surface area (Å²) >= 11 is 0. The van der Waals surface area contributed by atoms with E-state index in [0.29, 0.717) is 32.7 Å². The molecule has 2 aliphatic rings. The number of aryl methyl sites for hydroxylation is 2. The summed E-state index contributed by atoms with van der Waals surface area (Å²) in [7, 11) is 0. The number of amides is 2. The average molecular weight is 388 g/mol. The molecule has 0 aliphatic carbocycles. The van der Waals surface area contributed by atoms with E-state index in [1.807, 2.05) is 28.9 Å². The predicted molar refractivity (Wildman–Crippen MR) is 109 cm³/mol. The molecule has 2 fully saturated rings. The monoisotopic (exact) mass is 387 g/mol. The van der Waals surface area contributed by atoms with Gasteiger partial charge in [0.2, 0.25) is 11.8 Å². The fourth-order valence-corrected chi connectivity index (χ4v) is 3.96. The van der Waals surface area contributed by atoms with Crippen molar-refractivity contribution in [2.45, 2.75) is 39.5 Å². The van der Waals surface area contributed by atoms with E-state index in [4.69, 9.17) is 4.74 Å². The zero-order valence-corrected chi connectivity index (χ0v) is 17.3. The van der Waals surface area contributed by atoms with Crippen LogP contribution in [0.3, 0.4) is 0 Å². The second-order valence-electron chi connectivity index (χ2n) is 7.97. The Morgan fingerprint density at radius 2 is 1.57 bits per heavy atom. The largest absolute Gasteiger partial charge is 0.493 e. The molecule has 0 unspecified atom stereocenters. The number of piperazine rings is 1. The lowest BCUT2D eigenvalue weighted by atomic mass is 10.1. The number of rotatable bonds is 6. The smallest absolute Gasteiger partial charge is 0.236 e. The van der Waals surface area contributed by atoms with Gasteiger partial charge in [0.1, 0.15) is 5.75 Å². The van der Waals surface area contributed by atoms with Crippen molar-refractivity contribution in [3.05, 3.63) is 29.3 Å². The Kier molecular flexibility index (Phi) is 7.31. The summed E-state index contributed by atoms with van der Waals surface area (Å²) in [6.45, 7) is 9.68. The van der Waals surface area contributed by atoms with Crippen LogP contribution >= 0.6 is 0 Å². The second kappa shape index (κ2) is 9.92. The van der Waals surface area contributed by atoms with Crippen molar-refractivity contribution in [2.75, 3.05) is 52.4 Å². The van der Waals surface area contributed by atoms with Crippen molar-refractivity contribution in [3.8, 4) is 5.75 Å². The molecule has 6 nitrogen and oxygen atoms in total. The molecule has 6 heteroatoms. The maximum Gasteiger partial charge on any atom is 0.236 e. The minimum absolute atomic E-state index is 0.131. The summed E-state index contributed by atoms with van der Waals surface area (Å²) in [5, 5.41) is 0. The lowest BCUT2D eigenvalue weighted by Crippen LogP contribution is -2.52. The molecular weight excluding hydrogens is 354 g/mol. The van der Waals surface area contributed by atoms with Crippen LogP contribution in [0.4, 0.5) is 0 Å². The van der Waals surface area contributed by atoms with Crippen molar-refractivity contribution in [1.82, 2.24) is 14.7 Å². The Balaban J connectivity index is 1.35. The maximum atomic E-state index is 12.5. The number of ether oxygens (including phenoxy) is 1. The van der Waals surface area contributed by atoms with Crippen LogP contribution in [-0.4, -0.2) is 78.9 Å². The van der Waals surface area contributed by atoms with Gasteiger partial charge in [-0.3, -0.25) is 14.5 Å². The Bertz CT molecular complexity index is 678. The van der Waals surface area contributed by atoms with E-state index in [-0.39, 0.29) is 11.8 Å². The van der Waals surface area contributed by atoms with E-state index in [9.17, 15) is 9.59 Å². The SMILES string of the molecule is Cc1ccc(OCCC(=O)N2CCN(CC(=O)N3CCCCC3)CC2)c(C)c1. The summed E-state index contributed by atoms with van der Waals surface area (Å²) in [6.07, 6.45) is 3.87. The highest BCUT2D eigenvalue weighted by Crippen LogP contribution is 2.19. The molecule has 0 aromatic heterocycles. The molecule has 2 aliphatic heterocycles. The van der Waals surface area contributed by atoms with Gasteiger partial charge in [0.05, 0.1) is 19.6 Å². The number of carbonyl (C=O) groups is 2. The van der Waals surface area contributed by atoms with Gasteiger partial charge in [-0.1, -0.05) is 17.7 Å². The highest BCUT2D eigenvalue weighted by Gasteiger charge is 2.24. The Labute approximate surface area is 168 Å². The molecule has 0 N–H and O–H groups in total. The van der Waals surface area contributed by atoms with Crippen LogP contribution in [0.15, 0.2) is 18.2 Å². The third-order valence-corrected chi connectivity index (χ3v) is 5.70. The van der Waals surface area contributed by atoms with E-state index in [1.54, 1.807) is 0 Å². The number of nitrogens with zero attached hydrogens (tertiary/aromatic N) is 3. The second-order valence-corrected chi connectivity index (χ2v) is 7.97. The highest BCUT2D eigenvalue weighted by molar-refractivity contribution is 5.78. The molecule has 1 aromatic rings. The van der Waals surface area contributed by atoms with Gasteiger partial charge in [0.15, 0.2) is 0 Å². The molecule has 3 rings (SSSR count). The van der Waals surface area contributed by atoms with Crippen LogP contribution in [0.1, 0.15) is 36.8 Å². The standard InChI is InChI=1S/C22H33N3O3/c1-18-6-7-20(19(2)16-18)28-15-8-21(26)25-13-11-23(12-14-25)17-22(27)24-9-4-3-5-10-24/h6-7,16H,3-5,8-15,17H2,1-2H3. The Morgan fingerprint density at radius 1 is 0.893 bits per heavy atom. The molecule has 1 aromatic carbocycles. The minimum Gasteiger partial charge on any atom is -0.493 e. The molecule has 0 saturated carbocycles. The van der Waals surface area contributed by atoms with Gasteiger partial charge in [-0.2, -0.15) is 0 Å². The first kappa shape index (κ1) is 20.6. The zero-order chi connectivity index (χ0) is 19.9. The van der Waals surface area contributed by atoms with Crippen LogP contribution < -0.4 is 4.74 Å². The zero-order valence-electron chi connectivity index (χ0n) is 17.3. The number of hydrogen-bond donors (Lipinski definition) is 0. The van der Waals surface area contributed by atoms with Crippen molar-refractivity contribution >= 4 is 11.8 Å². The quantitative estimate of drug-likeness (QED) is 0.751. The predicted octanol–water partition coefficient (Wildman–Crippen LogP) is 2.23. The van der Waals surface area contributed by atoms with Gasteiger partial charge >= 0.3 is 0 Å². The van der Waals surface area contributed by atoms with E-state index >= 15 is 0 Å². The van der Waals surface area contributed by atoms with Crippen molar-refractivity contribution in [3.63, 3.8) is 0 Å². The number of likely N-dealkylation sites (tertiary alicyclic amines) is 1. The van der Waals surface area contributed by atoms with E-state index in [0.717, 1.165) is 50.3 Å². The summed E-state index contributed by atoms with van der Waals surface area (Å²) in [4.78, 5) is 30.9. The number of benzene rings is 1. The first-order valence-electron chi connectivity index (χ1n) is 10.5. The molecule has 2 amide bonds. The average Bonchev–Trinajstić information content (AvgIpc) is 2.70. The van der Waals surface area contributed by atoms with Crippen LogP contribution in [0, 0.1) is 13.8 Å². The lowest BCUT2D eigenvalue weighted by molar-refractivity contribution is -0.135. The van der Waals surface area contributed by atoms with Crippen molar-refractivity contribution in [2.24, 2.45) is 0 Å². The molecule has 28 heavy (non-hydrogen) atoms. The van der Waals surface area contributed by atoms with Crippen molar-refractivity contribution in [1.29, 1.82) is 0 Å². The topological polar surface area (TPSA) is 53.1 Å². The molecule has 2 saturated heterocycles. The summed E-state index contributed by atoms with van der Waals surface area (Å²) < 4.78 is 5.79. The molecule has 0 spiro atoms. The molecule has 2 heterocycles. The van der Waals surface area contributed by atoms with Crippen LogP contribution in [-0.2, 0) is 9.59 Å². The summed E-state index contributed by atoms with van der Waals surface area (Å²) in [5.41, 5.74) is 2.30. The Hall–Kier alpha value is -2.08. The van der Waals surface area contributed by atoms with Gasteiger partial charge in [0, 0.05) is 39.3 Å². The molecule has 0 atom stereocenters. The fourth-order valence-electron chi connectivity index (χ4n) is 3.96. The molecular formula is C22H33N3O3. The first-order valence-corrected chi connectivity index (χ1v) is 10.5. The lowest BCUT2D eigenvalue weighted by Gasteiger charge is -2.36. The minimum atomic E-state index is 0.131. The van der Waals surface area contributed by atoms with E-state index in [2.05, 4.69) is 17.9 Å². The van der Waals surface area contributed by atoms with Crippen LogP contribution in [0.2, 0.25) is 0 Å². The van der Waals surface area contributed by atoms with Crippen LogP contribution in [0.25, 0.3) is 0 Å². The number of piperidine rings is 1. The van der Waals surface area contributed by atoms with Crippen LogP contribution in [0.5, 0.6) is 5.75 Å². The third-order valence-electron chi connectivity index (χ3n) is 5.70. The normalized spacial score (nSPS) is 18.2. The first-order chi connectivity index (χ1) is 13.5. The Morgan fingerprint density at radius 3 is 2.25 bits per heavy atom. The van der Waals surface area contributed by atoms with Crippen molar-refractivity contribution < 1.29 is 14.3 Å². The van der Waals surface area contributed by atoms with E-state index in [1.165, 1.54) is 12.0 Å². The fraction of sp³-hybridized carbons (Fsp3) is 0.636. The van der Waals surface area contributed by atoms with Gasteiger partial charge in [-0.25, -0.2) is 0 Å². The molecule has 0 radical (unpaired) electrons. The van der Waals surface area contributed by atoms with Gasteiger partial charge < -0.3 is 14.5 Å². The molecule has 154 valence electrons. The van der Waals surface area contributed by atoms with Gasteiger partial charge in [0.25, 0.3) is 0 Å².